The van der Waals surface area contributed by atoms with Crippen LogP contribution in [0.25, 0.3) is 0 Å². The molecule has 0 spiro atoms. The smallest absolute Gasteiger partial charge is 0.226 e. The Kier molecular flexibility index (Phi) is 8.02. The second kappa shape index (κ2) is 10.9. The van der Waals surface area contributed by atoms with Crippen molar-refractivity contribution in [3.05, 3.63) is 66.0 Å². The second-order valence-corrected chi connectivity index (χ2v) is 7.30. The largest absolute Gasteiger partial charge is 0.490 e. The van der Waals surface area contributed by atoms with Gasteiger partial charge in [-0.05, 0) is 24.6 Å². The lowest BCUT2D eigenvalue weighted by Gasteiger charge is -2.35. The highest BCUT2D eigenvalue weighted by Gasteiger charge is 2.23. The third kappa shape index (κ3) is 6.54. The highest BCUT2D eigenvalue weighted by molar-refractivity contribution is 5.76. The Morgan fingerprint density at radius 2 is 1.83 bits per heavy atom. The number of rotatable bonds is 9. The summed E-state index contributed by atoms with van der Waals surface area (Å²) >= 11 is 0. The highest BCUT2D eigenvalue weighted by atomic mass is 19.1. The summed E-state index contributed by atoms with van der Waals surface area (Å²) in [6, 6.07) is 16.3. The average molecular weight is 400 g/mol. The van der Waals surface area contributed by atoms with E-state index in [9.17, 15) is 9.18 Å². The SMILES string of the molecule is CC(CN1CCOCC1)N(Cc1ccccc1)C(=O)CCOc1ccccc1F. The summed E-state index contributed by atoms with van der Waals surface area (Å²) < 4.78 is 24.6. The van der Waals surface area contributed by atoms with Crippen molar-refractivity contribution in [3.8, 4) is 5.75 Å². The fraction of sp³-hybridized carbons (Fsp3) is 0.435. The van der Waals surface area contributed by atoms with E-state index in [1.807, 2.05) is 35.2 Å². The summed E-state index contributed by atoms with van der Waals surface area (Å²) in [6.45, 7) is 6.80. The van der Waals surface area contributed by atoms with E-state index >= 15 is 0 Å². The van der Waals surface area contributed by atoms with E-state index in [2.05, 4.69) is 11.8 Å². The van der Waals surface area contributed by atoms with E-state index < -0.39 is 5.82 Å². The van der Waals surface area contributed by atoms with Crippen molar-refractivity contribution >= 4 is 5.91 Å². The van der Waals surface area contributed by atoms with E-state index in [0.29, 0.717) is 6.54 Å². The lowest BCUT2D eigenvalue weighted by atomic mass is 10.1. The monoisotopic (exact) mass is 400 g/mol. The molecule has 0 bridgehead atoms. The number of morpholine rings is 1. The van der Waals surface area contributed by atoms with Crippen molar-refractivity contribution in [2.75, 3.05) is 39.5 Å². The molecule has 0 aromatic heterocycles. The molecule has 1 heterocycles. The van der Waals surface area contributed by atoms with Gasteiger partial charge in [0.25, 0.3) is 0 Å². The van der Waals surface area contributed by atoms with Crippen LogP contribution in [0.15, 0.2) is 54.6 Å². The molecule has 0 aliphatic carbocycles. The van der Waals surface area contributed by atoms with Crippen LogP contribution in [-0.4, -0.2) is 61.2 Å². The van der Waals surface area contributed by atoms with Gasteiger partial charge >= 0.3 is 0 Å². The molecular formula is C23H29FN2O3. The molecule has 3 rings (SSSR count). The van der Waals surface area contributed by atoms with E-state index in [1.165, 1.54) is 6.07 Å². The van der Waals surface area contributed by atoms with Crippen molar-refractivity contribution in [2.45, 2.75) is 25.9 Å². The van der Waals surface area contributed by atoms with Crippen molar-refractivity contribution in [3.63, 3.8) is 0 Å². The highest BCUT2D eigenvalue weighted by Crippen LogP contribution is 2.17. The number of hydrogen-bond donors (Lipinski definition) is 0. The van der Waals surface area contributed by atoms with Crippen LogP contribution in [0.1, 0.15) is 18.9 Å². The molecule has 2 aromatic rings. The Morgan fingerprint density at radius 3 is 2.55 bits per heavy atom. The van der Waals surface area contributed by atoms with Gasteiger partial charge in [-0.3, -0.25) is 9.69 Å². The van der Waals surface area contributed by atoms with E-state index in [-0.39, 0.29) is 30.7 Å². The standard InChI is InChI=1S/C23H29FN2O3/c1-19(17-25-12-15-28-16-13-25)26(18-20-7-3-2-4-8-20)23(27)11-14-29-22-10-6-5-9-21(22)24/h2-10,19H,11-18H2,1H3. The predicted molar refractivity (Wildman–Crippen MR) is 110 cm³/mol. The van der Waals surface area contributed by atoms with Crippen LogP contribution in [0.4, 0.5) is 4.39 Å². The van der Waals surface area contributed by atoms with Crippen molar-refractivity contribution < 1.29 is 18.7 Å². The van der Waals surface area contributed by atoms with E-state index in [1.54, 1.807) is 18.2 Å². The van der Waals surface area contributed by atoms with Gasteiger partial charge in [-0.15, -0.1) is 0 Å². The molecule has 1 unspecified atom stereocenters. The van der Waals surface area contributed by atoms with Gasteiger partial charge in [0.15, 0.2) is 11.6 Å². The van der Waals surface area contributed by atoms with Crippen LogP contribution in [-0.2, 0) is 16.1 Å². The third-order valence-corrected chi connectivity index (χ3v) is 5.08. The number of halogens is 1. The number of nitrogens with zero attached hydrogens (tertiary/aromatic N) is 2. The summed E-state index contributed by atoms with van der Waals surface area (Å²) in [5, 5.41) is 0. The van der Waals surface area contributed by atoms with Crippen molar-refractivity contribution in [1.82, 2.24) is 9.80 Å². The molecule has 6 heteroatoms. The quantitative estimate of drug-likeness (QED) is 0.648. The molecule has 2 aromatic carbocycles. The Balaban J connectivity index is 1.61. The van der Waals surface area contributed by atoms with Gasteiger partial charge in [0, 0.05) is 32.2 Å². The molecule has 1 atom stereocenters. The first-order chi connectivity index (χ1) is 14.1. The predicted octanol–water partition coefficient (Wildman–Crippen LogP) is 3.34. The van der Waals surface area contributed by atoms with Crippen molar-refractivity contribution in [1.29, 1.82) is 0 Å². The van der Waals surface area contributed by atoms with Crippen LogP contribution in [0, 0.1) is 5.82 Å². The number of carbonyl (C=O) groups is 1. The fourth-order valence-corrected chi connectivity index (χ4v) is 3.48. The molecule has 5 nitrogen and oxygen atoms in total. The molecular weight excluding hydrogens is 371 g/mol. The molecule has 0 saturated carbocycles. The molecule has 1 amide bonds. The Labute approximate surface area is 172 Å². The van der Waals surface area contributed by atoms with Gasteiger partial charge in [-0.25, -0.2) is 4.39 Å². The van der Waals surface area contributed by atoms with E-state index in [0.717, 1.165) is 38.4 Å². The van der Waals surface area contributed by atoms with Gasteiger partial charge in [0.2, 0.25) is 5.91 Å². The van der Waals surface area contributed by atoms with Crippen LogP contribution in [0.3, 0.4) is 0 Å². The Bertz CT molecular complexity index is 766. The van der Waals surface area contributed by atoms with Crippen LogP contribution < -0.4 is 4.74 Å². The van der Waals surface area contributed by atoms with Gasteiger partial charge in [0.05, 0.1) is 26.2 Å². The molecule has 0 radical (unpaired) electrons. The molecule has 0 N–H and O–H groups in total. The van der Waals surface area contributed by atoms with Gasteiger partial charge in [-0.1, -0.05) is 42.5 Å². The number of carbonyl (C=O) groups excluding carboxylic acids is 1. The minimum atomic E-state index is -0.415. The molecule has 1 saturated heterocycles. The molecule has 1 aliphatic rings. The first-order valence-corrected chi connectivity index (χ1v) is 10.1. The van der Waals surface area contributed by atoms with E-state index in [4.69, 9.17) is 9.47 Å². The maximum atomic E-state index is 13.7. The number of ether oxygens (including phenoxy) is 2. The summed E-state index contributed by atoms with van der Waals surface area (Å²) in [5.41, 5.74) is 1.09. The summed E-state index contributed by atoms with van der Waals surface area (Å²) in [5.74, 6) is -0.232. The topological polar surface area (TPSA) is 42.0 Å². The first kappa shape index (κ1) is 21.3. The third-order valence-electron chi connectivity index (χ3n) is 5.08. The normalized spacial score (nSPS) is 15.7. The van der Waals surface area contributed by atoms with Crippen LogP contribution >= 0.6 is 0 Å². The fourth-order valence-electron chi connectivity index (χ4n) is 3.48. The average Bonchev–Trinajstić information content (AvgIpc) is 2.74. The summed E-state index contributed by atoms with van der Waals surface area (Å²) in [7, 11) is 0. The van der Waals surface area contributed by atoms with Gasteiger partial charge < -0.3 is 14.4 Å². The number of hydrogen-bond acceptors (Lipinski definition) is 4. The molecule has 156 valence electrons. The minimum absolute atomic E-state index is 0.00551. The number of para-hydroxylation sites is 1. The zero-order valence-electron chi connectivity index (χ0n) is 16.9. The van der Waals surface area contributed by atoms with Gasteiger partial charge in [-0.2, -0.15) is 0 Å². The molecule has 1 aliphatic heterocycles. The Morgan fingerprint density at radius 1 is 1.14 bits per heavy atom. The maximum Gasteiger partial charge on any atom is 0.226 e. The van der Waals surface area contributed by atoms with Crippen molar-refractivity contribution in [2.24, 2.45) is 0 Å². The van der Waals surface area contributed by atoms with Crippen LogP contribution in [0.2, 0.25) is 0 Å². The zero-order chi connectivity index (χ0) is 20.5. The number of benzene rings is 2. The lowest BCUT2D eigenvalue weighted by Crippen LogP contribution is -2.48. The minimum Gasteiger partial charge on any atom is -0.490 e. The maximum absolute atomic E-state index is 13.7. The number of amides is 1. The summed E-state index contributed by atoms with van der Waals surface area (Å²) in [4.78, 5) is 17.2. The zero-order valence-corrected chi connectivity index (χ0v) is 16.9. The van der Waals surface area contributed by atoms with Crippen LogP contribution in [0.5, 0.6) is 5.75 Å². The summed E-state index contributed by atoms with van der Waals surface area (Å²) in [6.07, 6.45) is 0.203. The molecule has 29 heavy (non-hydrogen) atoms. The lowest BCUT2D eigenvalue weighted by molar-refractivity contribution is -0.135. The Hall–Kier alpha value is -2.44. The molecule has 1 fully saturated rings. The first-order valence-electron chi connectivity index (χ1n) is 10.1. The van der Waals surface area contributed by atoms with Gasteiger partial charge in [0.1, 0.15) is 0 Å². The second-order valence-electron chi connectivity index (χ2n) is 7.30.